The molecule has 4 rings (SSSR count). The van der Waals surface area contributed by atoms with Crippen molar-refractivity contribution >= 4 is 16.9 Å². The van der Waals surface area contributed by atoms with Gasteiger partial charge in [-0.25, -0.2) is 0 Å². The van der Waals surface area contributed by atoms with E-state index < -0.39 is 0 Å². The summed E-state index contributed by atoms with van der Waals surface area (Å²) in [6.45, 7) is 2.01. The van der Waals surface area contributed by atoms with E-state index in [0.717, 1.165) is 18.1 Å². The molecule has 0 saturated carbocycles. The molecule has 4 heteroatoms. The van der Waals surface area contributed by atoms with Crippen molar-refractivity contribution in [1.82, 2.24) is 14.8 Å². The molecular formula is C16H13N3S. The maximum Gasteiger partial charge on any atom is 0.142 e. The molecule has 1 aromatic carbocycles. The van der Waals surface area contributed by atoms with E-state index in [0.29, 0.717) is 0 Å². The lowest BCUT2D eigenvalue weighted by Gasteiger charge is -2.08. The zero-order valence-corrected chi connectivity index (χ0v) is 11.9. The second-order valence-corrected chi connectivity index (χ2v) is 5.72. The summed E-state index contributed by atoms with van der Waals surface area (Å²) < 4.78 is 2.17. The minimum Gasteiger partial charge on any atom is -0.273 e. The van der Waals surface area contributed by atoms with Crippen LogP contribution in [0.2, 0.25) is 0 Å². The Morgan fingerprint density at radius 1 is 1.10 bits per heavy atom. The number of rotatable bonds is 1. The fourth-order valence-corrected chi connectivity index (χ4v) is 3.66. The molecule has 0 fully saturated rings. The fourth-order valence-electron chi connectivity index (χ4n) is 2.68. The summed E-state index contributed by atoms with van der Waals surface area (Å²) in [5, 5.41) is 11.9. The van der Waals surface area contributed by atoms with E-state index in [2.05, 4.69) is 62.6 Å². The minimum atomic E-state index is 0.812. The van der Waals surface area contributed by atoms with Crippen molar-refractivity contribution in [1.29, 1.82) is 0 Å². The van der Waals surface area contributed by atoms with Gasteiger partial charge in [0.25, 0.3) is 0 Å². The second-order valence-electron chi connectivity index (χ2n) is 4.83. The zero-order valence-electron chi connectivity index (χ0n) is 11.1. The number of allylic oxidation sites excluding steroid dienone is 1. The van der Waals surface area contributed by atoms with E-state index in [-0.39, 0.29) is 0 Å². The molecule has 0 N–H and O–H groups in total. The Bertz CT molecular complexity index is 796. The Hall–Kier alpha value is -2.20. The van der Waals surface area contributed by atoms with Crippen LogP contribution in [0.4, 0.5) is 0 Å². The molecular weight excluding hydrogens is 266 g/mol. The lowest BCUT2D eigenvalue weighted by molar-refractivity contribution is 0.924. The van der Waals surface area contributed by atoms with Crippen LogP contribution in [0, 0.1) is 6.92 Å². The summed E-state index contributed by atoms with van der Waals surface area (Å²) in [7, 11) is 0. The number of nitrogens with zero attached hydrogens (tertiary/aromatic N) is 3. The number of hydrogen-bond acceptors (Lipinski definition) is 3. The lowest BCUT2D eigenvalue weighted by atomic mass is 9.99. The quantitative estimate of drug-likeness (QED) is 0.681. The molecule has 1 aliphatic rings. The smallest absolute Gasteiger partial charge is 0.142 e. The van der Waals surface area contributed by atoms with Crippen molar-refractivity contribution in [3.8, 4) is 5.00 Å². The average Bonchev–Trinajstić information content (AvgIpc) is 3.04. The molecule has 0 spiro atoms. The van der Waals surface area contributed by atoms with E-state index in [4.69, 9.17) is 0 Å². The van der Waals surface area contributed by atoms with E-state index in [1.54, 1.807) is 11.3 Å². The predicted molar refractivity (Wildman–Crippen MR) is 81.2 cm³/mol. The zero-order chi connectivity index (χ0) is 13.5. The van der Waals surface area contributed by atoms with E-state index in [1.165, 1.54) is 21.7 Å². The number of fused-ring (bicyclic) bond motifs is 3. The number of aryl methyl sites for hydroxylation is 1. The van der Waals surface area contributed by atoms with Crippen LogP contribution in [0.3, 0.4) is 0 Å². The predicted octanol–water partition coefficient (Wildman–Crippen LogP) is 3.63. The van der Waals surface area contributed by atoms with Gasteiger partial charge in [0, 0.05) is 12.0 Å². The molecule has 2 aromatic heterocycles. The van der Waals surface area contributed by atoms with Gasteiger partial charge in [-0.05, 0) is 29.5 Å². The maximum absolute atomic E-state index is 4.30. The van der Waals surface area contributed by atoms with Gasteiger partial charge in [-0.2, -0.15) is 0 Å². The van der Waals surface area contributed by atoms with Crippen LogP contribution in [-0.2, 0) is 6.42 Å². The van der Waals surface area contributed by atoms with Crippen molar-refractivity contribution in [2.45, 2.75) is 13.3 Å². The largest absolute Gasteiger partial charge is 0.273 e. The molecule has 0 amide bonds. The van der Waals surface area contributed by atoms with Gasteiger partial charge >= 0.3 is 0 Å². The first-order valence-corrected chi connectivity index (χ1v) is 7.47. The molecule has 0 aliphatic carbocycles. The lowest BCUT2D eigenvalue weighted by Crippen LogP contribution is -2.00. The Balaban J connectivity index is 1.96. The van der Waals surface area contributed by atoms with Crippen LogP contribution in [0.1, 0.15) is 22.8 Å². The molecule has 1 aliphatic heterocycles. The standard InChI is InChI=1S/C16H13N3S/c1-11-17-18-15-8-7-13(12-5-3-2-4-6-12)14-9-10-20-16(14)19(11)15/h2-7,9-10H,8H2,1H3. The molecule has 3 nitrogen and oxygen atoms in total. The van der Waals surface area contributed by atoms with Crippen LogP contribution in [0.5, 0.6) is 0 Å². The third kappa shape index (κ3) is 1.65. The van der Waals surface area contributed by atoms with Crippen molar-refractivity contribution in [2.75, 3.05) is 0 Å². The number of hydrogen-bond donors (Lipinski definition) is 0. The Labute approximate surface area is 121 Å². The van der Waals surface area contributed by atoms with Crippen LogP contribution in [0.15, 0.2) is 47.9 Å². The van der Waals surface area contributed by atoms with Gasteiger partial charge in [-0.15, -0.1) is 21.5 Å². The van der Waals surface area contributed by atoms with Gasteiger partial charge in [-0.1, -0.05) is 36.4 Å². The fraction of sp³-hybridized carbons (Fsp3) is 0.125. The Morgan fingerprint density at radius 2 is 1.95 bits per heavy atom. The first-order valence-electron chi connectivity index (χ1n) is 6.59. The monoisotopic (exact) mass is 279 g/mol. The molecule has 3 heterocycles. The van der Waals surface area contributed by atoms with Crippen molar-refractivity contribution in [3.63, 3.8) is 0 Å². The molecule has 20 heavy (non-hydrogen) atoms. The Morgan fingerprint density at radius 3 is 2.80 bits per heavy atom. The average molecular weight is 279 g/mol. The summed E-state index contributed by atoms with van der Waals surface area (Å²) in [6, 6.07) is 12.7. The summed E-state index contributed by atoms with van der Waals surface area (Å²) in [4.78, 5) is 0. The van der Waals surface area contributed by atoms with Gasteiger partial charge in [0.15, 0.2) is 0 Å². The van der Waals surface area contributed by atoms with Crippen LogP contribution in [-0.4, -0.2) is 14.8 Å². The first-order chi connectivity index (χ1) is 9.84. The normalized spacial score (nSPS) is 13.3. The van der Waals surface area contributed by atoms with Gasteiger partial charge < -0.3 is 0 Å². The van der Waals surface area contributed by atoms with E-state index in [9.17, 15) is 0 Å². The van der Waals surface area contributed by atoms with Crippen LogP contribution in [0.25, 0.3) is 10.6 Å². The number of benzene rings is 1. The highest BCUT2D eigenvalue weighted by Crippen LogP contribution is 2.35. The second kappa shape index (κ2) is 4.42. The van der Waals surface area contributed by atoms with Gasteiger partial charge in [-0.3, -0.25) is 4.57 Å². The molecule has 0 radical (unpaired) electrons. The third-order valence-corrected chi connectivity index (χ3v) is 4.50. The SMILES string of the molecule is Cc1nnc2n1-c1sccc1C(c1ccccc1)=CC2. The molecule has 0 bridgehead atoms. The maximum atomic E-state index is 4.30. The minimum absolute atomic E-state index is 0.812. The molecule has 98 valence electrons. The topological polar surface area (TPSA) is 30.7 Å². The molecule has 3 aromatic rings. The van der Waals surface area contributed by atoms with Crippen molar-refractivity contribution in [2.24, 2.45) is 0 Å². The summed E-state index contributed by atoms with van der Waals surface area (Å²) >= 11 is 1.74. The van der Waals surface area contributed by atoms with E-state index >= 15 is 0 Å². The highest BCUT2D eigenvalue weighted by atomic mass is 32.1. The van der Waals surface area contributed by atoms with Gasteiger partial charge in [0.2, 0.25) is 0 Å². The highest BCUT2D eigenvalue weighted by molar-refractivity contribution is 7.12. The first kappa shape index (κ1) is 11.6. The number of thiophene rings is 1. The summed E-state index contributed by atoms with van der Waals surface area (Å²) in [5.74, 6) is 1.96. The van der Waals surface area contributed by atoms with Crippen LogP contribution >= 0.6 is 11.3 Å². The molecule has 0 unspecified atom stereocenters. The Kier molecular flexibility index (Phi) is 2.57. The number of aromatic nitrogens is 3. The van der Waals surface area contributed by atoms with Gasteiger partial charge in [0.1, 0.15) is 16.6 Å². The summed E-state index contributed by atoms with van der Waals surface area (Å²) in [6.07, 6.45) is 3.07. The van der Waals surface area contributed by atoms with Crippen LogP contribution < -0.4 is 0 Å². The van der Waals surface area contributed by atoms with Crippen molar-refractivity contribution in [3.05, 3.63) is 70.6 Å². The molecule has 0 atom stereocenters. The third-order valence-electron chi connectivity index (χ3n) is 3.60. The van der Waals surface area contributed by atoms with Gasteiger partial charge in [0.05, 0.1) is 0 Å². The molecule has 0 saturated heterocycles. The van der Waals surface area contributed by atoms with Crippen molar-refractivity contribution < 1.29 is 0 Å². The highest BCUT2D eigenvalue weighted by Gasteiger charge is 2.21. The summed E-state index contributed by atoms with van der Waals surface area (Å²) in [5.41, 5.74) is 3.80. The van der Waals surface area contributed by atoms with E-state index in [1.807, 2.05) is 6.92 Å².